The summed E-state index contributed by atoms with van der Waals surface area (Å²) in [6.07, 6.45) is 1.93. The molecule has 0 aliphatic carbocycles. The summed E-state index contributed by atoms with van der Waals surface area (Å²) in [7, 11) is 0. The van der Waals surface area contributed by atoms with Gasteiger partial charge >= 0.3 is 0 Å². The Morgan fingerprint density at radius 3 is 2.65 bits per heavy atom. The lowest BCUT2D eigenvalue weighted by Gasteiger charge is -2.06. The fourth-order valence-electron chi connectivity index (χ4n) is 2.12. The lowest BCUT2D eigenvalue weighted by molar-refractivity contribution is 1.05. The number of hydrogen-bond donors (Lipinski definition) is 0. The van der Waals surface area contributed by atoms with Crippen molar-refractivity contribution in [1.29, 1.82) is 5.26 Å². The lowest BCUT2D eigenvalue weighted by atomic mass is 10.2. The second kappa shape index (κ2) is 5.24. The van der Waals surface area contributed by atoms with Gasteiger partial charge < -0.3 is 4.40 Å². The summed E-state index contributed by atoms with van der Waals surface area (Å²) >= 11 is 7.98. The molecule has 3 rings (SSSR count). The van der Waals surface area contributed by atoms with Crippen molar-refractivity contribution in [3.63, 3.8) is 0 Å². The van der Waals surface area contributed by atoms with Crippen molar-refractivity contribution >= 4 is 28.9 Å². The molecule has 0 saturated heterocycles. The normalized spacial score (nSPS) is 10.7. The van der Waals surface area contributed by atoms with Crippen LogP contribution in [0, 0.1) is 18.3 Å². The van der Waals surface area contributed by atoms with Gasteiger partial charge in [-0.05, 0) is 30.7 Å². The first-order valence-corrected chi connectivity index (χ1v) is 7.34. The molecule has 3 aromatic rings. The fourth-order valence-corrected chi connectivity index (χ4v) is 3.50. The van der Waals surface area contributed by atoms with E-state index < -0.39 is 0 Å². The van der Waals surface area contributed by atoms with E-state index in [-0.39, 0.29) is 0 Å². The van der Waals surface area contributed by atoms with E-state index >= 15 is 0 Å². The lowest BCUT2D eigenvalue weighted by Crippen LogP contribution is -1.86. The van der Waals surface area contributed by atoms with Crippen LogP contribution in [0.4, 0.5) is 0 Å². The highest BCUT2D eigenvalue weighted by molar-refractivity contribution is 7.99. The zero-order chi connectivity index (χ0) is 14.1. The summed E-state index contributed by atoms with van der Waals surface area (Å²) in [6.45, 7) is 2.07. The predicted octanol–water partition coefficient (Wildman–Crippen LogP) is 4.92. The zero-order valence-electron chi connectivity index (χ0n) is 10.8. The Labute approximate surface area is 126 Å². The highest BCUT2D eigenvalue weighted by Crippen LogP contribution is 2.39. The minimum atomic E-state index is 0.520. The Balaban J connectivity index is 2.20. The molecule has 1 aromatic carbocycles. The summed E-state index contributed by atoms with van der Waals surface area (Å²) in [6, 6.07) is 16.1. The molecule has 0 aliphatic heterocycles. The molecule has 0 amide bonds. The van der Waals surface area contributed by atoms with E-state index in [2.05, 4.69) is 25.1 Å². The molecule has 0 saturated carbocycles. The SMILES string of the molecule is Cc1ccccc1Sc1c(Cl)c(C#N)c2ccccn12. The van der Waals surface area contributed by atoms with Crippen LogP contribution in [0.5, 0.6) is 0 Å². The number of fused-ring (bicyclic) bond motifs is 1. The Hall–Kier alpha value is -1.89. The fraction of sp³-hybridized carbons (Fsp3) is 0.0625. The topological polar surface area (TPSA) is 28.2 Å². The zero-order valence-corrected chi connectivity index (χ0v) is 12.4. The summed E-state index contributed by atoms with van der Waals surface area (Å²) in [5.41, 5.74) is 2.57. The minimum Gasteiger partial charge on any atom is -0.309 e. The van der Waals surface area contributed by atoms with E-state index in [0.29, 0.717) is 10.6 Å². The molecule has 0 bridgehead atoms. The molecule has 0 N–H and O–H groups in total. The Kier molecular flexibility index (Phi) is 3.43. The molecule has 0 radical (unpaired) electrons. The second-order valence-electron chi connectivity index (χ2n) is 4.43. The van der Waals surface area contributed by atoms with Crippen molar-refractivity contribution in [3.05, 3.63) is 64.8 Å². The van der Waals surface area contributed by atoms with Crippen LogP contribution in [0.25, 0.3) is 5.52 Å². The maximum atomic E-state index is 9.29. The van der Waals surface area contributed by atoms with E-state index in [0.717, 1.165) is 15.4 Å². The monoisotopic (exact) mass is 298 g/mol. The van der Waals surface area contributed by atoms with Gasteiger partial charge in [-0.2, -0.15) is 5.26 Å². The molecule has 2 aromatic heterocycles. The van der Waals surface area contributed by atoms with Crippen molar-refractivity contribution < 1.29 is 0 Å². The highest BCUT2D eigenvalue weighted by atomic mass is 35.5. The maximum absolute atomic E-state index is 9.29. The van der Waals surface area contributed by atoms with E-state index in [9.17, 15) is 5.26 Å². The van der Waals surface area contributed by atoms with Gasteiger partial charge in [-0.15, -0.1) is 0 Å². The summed E-state index contributed by atoms with van der Waals surface area (Å²) in [4.78, 5) is 1.14. The first kappa shape index (κ1) is 13.1. The first-order valence-electron chi connectivity index (χ1n) is 6.14. The first-order chi connectivity index (χ1) is 9.72. The van der Waals surface area contributed by atoms with Crippen LogP contribution in [-0.4, -0.2) is 4.40 Å². The van der Waals surface area contributed by atoms with Crippen LogP contribution in [0.15, 0.2) is 58.6 Å². The number of benzene rings is 1. The van der Waals surface area contributed by atoms with Crippen molar-refractivity contribution in [2.24, 2.45) is 0 Å². The van der Waals surface area contributed by atoms with Crippen molar-refractivity contribution in [1.82, 2.24) is 4.40 Å². The van der Waals surface area contributed by atoms with Crippen molar-refractivity contribution in [2.45, 2.75) is 16.8 Å². The molecule has 0 aliphatic rings. The largest absolute Gasteiger partial charge is 0.309 e. The number of rotatable bonds is 2. The van der Waals surface area contributed by atoms with Crippen molar-refractivity contribution in [2.75, 3.05) is 0 Å². The molecule has 98 valence electrons. The molecular formula is C16H11ClN2S. The number of halogens is 1. The van der Waals surface area contributed by atoms with Gasteiger partial charge in [-0.25, -0.2) is 0 Å². The van der Waals surface area contributed by atoms with Crippen LogP contribution >= 0.6 is 23.4 Å². The standard InChI is InChI=1S/C16H11ClN2S/c1-11-6-2-3-8-14(11)20-16-15(17)12(10-18)13-7-4-5-9-19(13)16/h2-9H,1H3. The highest BCUT2D eigenvalue weighted by Gasteiger charge is 2.17. The third-order valence-electron chi connectivity index (χ3n) is 3.15. The van der Waals surface area contributed by atoms with Crippen LogP contribution < -0.4 is 0 Å². The molecule has 20 heavy (non-hydrogen) atoms. The second-order valence-corrected chi connectivity index (χ2v) is 5.84. The van der Waals surface area contributed by atoms with E-state index in [4.69, 9.17) is 11.6 Å². The van der Waals surface area contributed by atoms with Crippen LogP contribution in [-0.2, 0) is 0 Å². The van der Waals surface area contributed by atoms with Gasteiger partial charge in [0.1, 0.15) is 11.1 Å². The third kappa shape index (κ3) is 2.07. The molecule has 2 heterocycles. The van der Waals surface area contributed by atoms with E-state index in [1.165, 1.54) is 5.56 Å². The molecule has 0 atom stereocenters. The predicted molar refractivity (Wildman–Crippen MR) is 82.4 cm³/mol. The Bertz CT molecular complexity index is 830. The Morgan fingerprint density at radius 2 is 1.90 bits per heavy atom. The smallest absolute Gasteiger partial charge is 0.105 e. The van der Waals surface area contributed by atoms with E-state index in [1.54, 1.807) is 11.8 Å². The molecule has 4 heteroatoms. The average Bonchev–Trinajstić information content (AvgIpc) is 2.74. The van der Waals surface area contributed by atoms with Gasteiger partial charge in [0.2, 0.25) is 0 Å². The van der Waals surface area contributed by atoms with Gasteiger partial charge in [-0.1, -0.05) is 47.6 Å². The van der Waals surface area contributed by atoms with Gasteiger partial charge in [0.05, 0.1) is 16.1 Å². The van der Waals surface area contributed by atoms with Crippen LogP contribution in [0.3, 0.4) is 0 Å². The number of pyridine rings is 1. The number of aryl methyl sites for hydroxylation is 1. The summed E-state index contributed by atoms with van der Waals surface area (Å²) in [5.74, 6) is 0. The quantitative estimate of drug-likeness (QED) is 0.671. The maximum Gasteiger partial charge on any atom is 0.105 e. The molecule has 2 nitrogen and oxygen atoms in total. The minimum absolute atomic E-state index is 0.520. The number of aromatic nitrogens is 1. The van der Waals surface area contributed by atoms with Gasteiger partial charge in [0, 0.05) is 11.1 Å². The molecule has 0 unspecified atom stereocenters. The Morgan fingerprint density at radius 1 is 1.15 bits per heavy atom. The number of nitriles is 1. The average molecular weight is 299 g/mol. The van der Waals surface area contributed by atoms with Crippen LogP contribution in [0.2, 0.25) is 5.02 Å². The van der Waals surface area contributed by atoms with Gasteiger partial charge in [-0.3, -0.25) is 0 Å². The third-order valence-corrected chi connectivity index (χ3v) is 4.91. The van der Waals surface area contributed by atoms with Crippen molar-refractivity contribution in [3.8, 4) is 6.07 Å². The van der Waals surface area contributed by atoms with E-state index in [1.807, 2.05) is 40.9 Å². The molecule has 0 spiro atoms. The number of hydrogen-bond acceptors (Lipinski definition) is 2. The van der Waals surface area contributed by atoms with Gasteiger partial charge in [0.25, 0.3) is 0 Å². The summed E-state index contributed by atoms with van der Waals surface area (Å²) in [5, 5.41) is 10.7. The molecular weight excluding hydrogens is 288 g/mol. The van der Waals surface area contributed by atoms with Gasteiger partial charge in [0.15, 0.2) is 0 Å². The van der Waals surface area contributed by atoms with Crippen LogP contribution in [0.1, 0.15) is 11.1 Å². The summed E-state index contributed by atoms with van der Waals surface area (Å²) < 4.78 is 1.97. The molecule has 0 fully saturated rings. The number of nitrogens with zero attached hydrogens (tertiary/aromatic N) is 2.